The molecule has 1 aromatic rings. The Labute approximate surface area is 116 Å². The van der Waals surface area contributed by atoms with E-state index in [1.54, 1.807) is 0 Å². The van der Waals surface area contributed by atoms with Gasteiger partial charge >= 0.3 is 0 Å². The first-order valence-electron chi connectivity index (χ1n) is 7.43. The van der Waals surface area contributed by atoms with Gasteiger partial charge in [-0.1, -0.05) is 31.7 Å². The Morgan fingerprint density at radius 1 is 1.21 bits per heavy atom. The summed E-state index contributed by atoms with van der Waals surface area (Å²) in [4.78, 5) is 6.68. The van der Waals surface area contributed by atoms with Gasteiger partial charge in [-0.25, -0.2) is 0 Å². The van der Waals surface area contributed by atoms with Crippen LogP contribution in [0.3, 0.4) is 0 Å². The quantitative estimate of drug-likeness (QED) is 0.829. The third-order valence-electron chi connectivity index (χ3n) is 4.26. The van der Waals surface area contributed by atoms with Gasteiger partial charge in [0.2, 0.25) is 0 Å². The summed E-state index contributed by atoms with van der Waals surface area (Å²) in [5.74, 6) is 0. The number of pyridine rings is 1. The van der Waals surface area contributed by atoms with Gasteiger partial charge in [0, 0.05) is 31.3 Å². The average molecular weight is 262 g/mol. The molecule has 1 N–H and O–H groups in total. The normalized spacial score (nSPS) is 19.3. The molecule has 1 heterocycles. The predicted octanol–water partition coefficient (Wildman–Crippen LogP) is 2.85. The number of aliphatic hydroxyl groups excluding tert-OH is 1. The fraction of sp³-hybridized carbons (Fsp3) is 0.688. The summed E-state index contributed by atoms with van der Waals surface area (Å²) in [7, 11) is 2.14. The molecule has 1 aliphatic rings. The number of rotatable bonds is 5. The molecule has 0 aromatic carbocycles. The monoisotopic (exact) mass is 262 g/mol. The molecule has 0 spiro atoms. The lowest BCUT2D eigenvalue weighted by Gasteiger charge is -2.35. The highest BCUT2D eigenvalue weighted by Gasteiger charge is 2.31. The van der Waals surface area contributed by atoms with Crippen molar-refractivity contribution in [1.82, 2.24) is 9.88 Å². The molecule has 19 heavy (non-hydrogen) atoms. The standard InChI is InChI=1S/C16H26N2O/c1-18(12-15-8-4-7-11-17-15)13-16(14-19)9-5-2-3-6-10-16/h4,7-8,11,19H,2-3,5-6,9-10,12-14H2,1H3. The molecule has 1 aliphatic carbocycles. The number of aromatic nitrogens is 1. The molecular formula is C16H26N2O. The van der Waals surface area contributed by atoms with Gasteiger partial charge in [0.25, 0.3) is 0 Å². The van der Waals surface area contributed by atoms with E-state index in [1.807, 2.05) is 18.3 Å². The van der Waals surface area contributed by atoms with E-state index in [-0.39, 0.29) is 5.41 Å². The van der Waals surface area contributed by atoms with Gasteiger partial charge < -0.3 is 5.11 Å². The Hall–Kier alpha value is -0.930. The Bertz CT molecular complexity index is 358. The Morgan fingerprint density at radius 2 is 1.95 bits per heavy atom. The highest BCUT2D eigenvalue weighted by Crippen LogP contribution is 2.35. The molecule has 0 radical (unpaired) electrons. The van der Waals surface area contributed by atoms with Crippen LogP contribution in [0.15, 0.2) is 24.4 Å². The maximum Gasteiger partial charge on any atom is 0.0543 e. The fourth-order valence-corrected chi connectivity index (χ4v) is 3.24. The second-order valence-electron chi connectivity index (χ2n) is 6.07. The van der Waals surface area contributed by atoms with Crippen LogP contribution in [0.5, 0.6) is 0 Å². The van der Waals surface area contributed by atoms with E-state index in [9.17, 15) is 5.11 Å². The smallest absolute Gasteiger partial charge is 0.0543 e. The van der Waals surface area contributed by atoms with Gasteiger partial charge in [-0.15, -0.1) is 0 Å². The van der Waals surface area contributed by atoms with E-state index < -0.39 is 0 Å². The number of aliphatic hydroxyl groups is 1. The van der Waals surface area contributed by atoms with E-state index in [0.29, 0.717) is 6.61 Å². The van der Waals surface area contributed by atoms with Gasteiger partial charge in [-0.3, -0.25) is 9.88 Å². The summed E-state index contributed by atoms with van der Waals surface area (Å²) in [6.45, 7) is 2.15. The van der Waals surface area contributed by atoms with Crippen molar-refractivity contribution in [2.75, 3.05) is 20.2 Å². The number of hydrogen-bond acceptors (Lipinski definition) is 3. The number of hydrogen-bond donors (Lipinski definition) is 1. The van der Waals surface area contributed by atoms with E-state index in [0.717, 1.165) is 31.6 Å². The van der Waals surface area contributed by atoms with E-state index in [4.69, 9.17) is 0 Å². The molecule has 0 unspecified atom stereocenters. The second-order valence-corrected chi connectivity index (χ2v) is 6.07. The van der Waals surface area contributed by atoms with E-state index in [1.165, 1.54) is 25.7 Å². The summed E-state index contributed by atoms with van der Waals surface area (Å²) in [5, 5.41) is 9.84. The molecular weight excluding hydrogens is 236 g/mol. The van der Waals surface area contributed by atoms with Crippen LogP contribution >= 0.6 is 0 Å². The first-order valence-corrected chi connectivity index (χ1v) is 7.43. The lowest BCUT2D eigenvalue weighted by Crippen LogP contribution is -2.38. The molecule has 0 atom stereocenters. The third kappa shape index (κ3) is 4.29. The molecule has 1 saturated carbocycles. The molecule has 0 bridgehead atoms. The molecule has 3 heteroatoms. The van der Waals surface area contributed by atoms with Crippen LogP contribution in [-0.4, -0.2) is 35.2 Å². The maximum atomic E-state index is 9.84. The maximum absolute atomic E-state index is 9.84. The largest absolute Gasteiger partial charge is 0.396 e. The van der Waals surface area contributed by atoms with Crippen LogP contribution in [-0.2, 0) is 6.54 Å². The van der Waals surface area contributed by atoms with Gasteiger partial charge in [0.15, 0.2) is 0 Å². The molecule has 0 aliphatic heterocycles. The second kappa shape index (κ2) is 7.01. The minimum atomic E-state index is 0.111. The lowest BCUT2D eigenvalue weighted by molar-refractivity contribution is 0.0659. The van der Waals surface area contributed by atoms with Crippen molar-refractivity contribution in [3.8, 4) is 0 Å². The van der Waals surface area contributed by atoms with Gasteiger partial charge in [-0.2, -0.15) is 0 Å². The zero-order valence-electron chi connectivity index (χ0n) is 12.0. The first-order chi connectivity index (χ1) is 9.24. The van der Waals surface area contributed by atoms with Gasteiger partial charge in [0.05, 0.1) is 5.69 Å². The summed E-state index contributed by atoms with van der Waals surface area (Å²) in [6.07, 6.45) is 9.34. The molecule has 106 valence electrons. The summed E-state index contributed by atoms with van der Waals surface area (Å²) in [5.41, 5.74) is 1.21. The van der Waals surface area contributed by atoms with Crippen LogP contribution in [0, 0.1) is 5.41 Å². The van der Waals surface area contributed by atoms with Gasteiger partial charge in [-0.05, 0) is 32.0 Å². The van der Waals surface area contributed by atoms with Crippen LogP contribution < -0.4 is 0 Å². The average Bonchev–Trinajstić information content (AvgIpc) is 2.66. The Balaban J connectivity index is 1.93. The zero-order valence-corrected chi connectivity index (χ0v) is 12.0. The third-order valence-corrected chi connectivity index (χ3v) is 4.26. The SMILES string of the molecule is CN(Cc1ccccn1)CC1(CO)CCCCCC1. The Morgan fingerprint density at radius 3 is 2.53 bits per heavy atom. The van der Waals surface area contributed by atoms with Crippen molar-refractivity contribution in [2.24, 2.45) is 5.41 Å². The highest BCUT2D eigenvalue weighted by atomic mass is 16.3. The molecule has 1 fully saturated rings. The van der Waals surface area contributed by atoms with Gasteiger partial charge in [0.1, 0.15) is 0 Å². The van der Waals surface area contributed by atoms with E-state index in [2.05, 4.69) is 23.0 Å². The molecule has 3 nitrogen and oxygen atoms in total. The number of nitrogens with zero attached hydrogens (tertiary/aromatic N) is 2. The fourth-order valence-electron chi connectivity index (χ4n) is 3.24. The minimum Gasteiger partial charge on any atom is -0.396 e. The van der Waals surface area contributed by atoms with Crippen molar-refractivity contribution in [3.63, 3.8) is 0 Å². The molecule has 1 aromatic heterocycles. The minimum absolute atomic E-state index is 0.111. The van der Waals surface area contributed by atoms with Crippen LogP contribution in [0.2, 0.25) is 0 Å². The summed E-state index contributed by atoms with van der Waals surface area (Å²) in [6, 6.07) is 6.04. The van der Waals surface area contributed by atoms with Crippen molar-refractivity contribution in [1.29, 1.82) is 0 Å². The van der Waals surface area contributed by atoms with Crippen molar-refractivity contribution >= 4 is 0 Å². The Kier molecular flexibility index (Phi) is 5.34. The van der Waals surface area contributed by atoms with E-state index >= 15 is 0 Å². The summed E-state index contributed by atoms with van der Waals surface area (Å²) >= 11 is 0. The molecule has 0 amide bonds. The van der Waals surface area contributed by atoms with Crippen molar-refractivity contribution in [3.05, 3.63) is 30.1 Å². The van der Waals surface area contributed by atoms with Crippen molar-refractivity contribution in [2.45, 2.75) is 45.1 Å². The predicted molar refractivity (Wildman–Crippen MR) is 77.8 cm³/mol. The molecule has 0 saturated heterocycles. The topological polar surface area (TPSA) is 36.4 Å². The van der Waals surface area contributed by atoms with Crippen LogP contribution in [0.25, 0.3) is 0 Å². The van der Waals surface area contributed by atoms with Crippen molar-refractivity contribution < 1.29 is 5.11 Å². The summed E-state index contributed by atoms with van der Waals surface area (Å²) < 4.78 is 0. The zero-order chi connectivity index (χ0) is 13.6. The van der Waals surface area contributed by atoms with Crippen LogP contribution in [0.4, 0.5) is 0 Å². The molecule has 2 rings (SSSR count). The first kappa shape index (κ1) is 14.5. The van der Waals surface area contributed by atoms with Crippen LogP contribution in [0.1, 0.15) is 44.2 Å². The highest BCUT2D eigenvalue weighted by molar-refractivity contribution is 5.03. The lowest BCUT2D eigenvalue weighted by atomic mass is 9.80.